The summed E-state index contributed by atoms with van der Waals surface area (Å²) in [6, 6.07) is 13.1. The molecule has 2 nitrogen and oxygen atoms in total. The van der Waals surface area contributed by atoms with Crippen LogP contribution in [-0.2, 0) is 17.2 Å². The molecule has 0 aliphatic carbocycles. The van der Waals surface area contributed by atoms with Crippen molar-refractivity contribution in [2.75, 3.05) is 0 Å². The summed E-state index contributed by atoms with van der Waals surface area (Å²) in [5.41, 5.74) is 2.72. The molecule has 3 heteroatoms. The Morgan fingerprint density at radius 2 is 1.76 bits per heavy atom. The number of hydrogen-bond acceptors (Lipinski definition) is 2. The molecule has 1 aliphatic rings. The Morgan fingerprint density at radius 1 is 1.00 bits per heavy atom. The first-order chi connectivity index (χ1) is 8.29. The molecule has 3 rings (SSSR count). The van der Waals surface area contributed by atoms with Crippen LogP contribution in [0.3, 0.4) is 0 Å². The number of carbonyl (C=O) groups is 1. The largest absolute Gasteiger partial charge is 0.298 e. The van der Waals surface area contributed by atoms with Gasteiger partial charge in [0.1, 0.15) is 6.29 Å². The first kappa shape index (κ1) is 10.4. The van der Waals surface area contributed by atoms with E-state index in [1.807, 2.05) is 30.3 Å². The van der Waals surface area contributed by atoms with Crippen LogP contribution >= 0.6 is 0 Å². The van der Waals surface area contributed by atoms with E-state index in [4.69, 9.17) is 0 Å². The minimum absolute atomic E-state index is 0.639. The van der Waals surface area contributed by atoms with Gasteiger partial charge in [0, 0.05) is 15.4 Å². The highest BCUT2D eigenvalue weighted by molar-refractivity contribution is 7.85. The van der Waals surface area contributed by atoms with E-state index in [-0.39, 0.29) is 0 Å². The summed E-state index contributed by atoms with van der Waals surface area (Å²) in [7, 11) is -1.12. The van der Waals surface area contributed by atoms with Crippen LogP contribution in [0.15, 0.2) is 52.3 Å². The Morgan fingerprint density at radius 3 is 2.59 bits per heavy atom. The van der Waals surface area contributed by atoms with Crippen LogP contribution in [0.2, 0.25) is 0 Å². The highest BCUT2D eigenvalue weighted by atomic mass is 32.2. The molecule has 0 spiro atoms. The van der Waals surface area contributed by atoms with Gasteiger partial charge in [-0.05, 0) is 35.7 Å². The van der Waals surface area contributed by atoms with Crippen molar-refractivity contribution in [2.45, 2.75) is 16.2 Å². The molecule has 1 unspecified atom stereocenters. The third-order valence-corrected chi connectivity index (χ3v) is 4.57. The zero-order valence-electron chi connectivity index (χ0n) is 9.05. The summed E-state index contributed by atoms with van der Waals surface area (Å²) in [6.45, 7) is 0. The second-order valence-corrected chi connectivity index (χ2v) is 5.46. The van der Waals surface area contributed by atoms with E-state index >= 15 is 0 Å². The monoisotopic (exact) mass is 242 g/mol. The van der Waals surface area contributed by atoms with E-state index < -0.39 is 10.8 Å². The van der Waals surface area contributed by atoms with Gasteiger partial charge in [0.25, 0.3) is 0 Å². The topological polar surface area (TPSA) is 34.1 Å². The quantitative estimate of drug-likeness (QED) is 0.615. The minimum Gasteiger partial charge on any atom is -0.298 e. The highest BCUT2D eigenvalue weighted by Gasteiger charge is 2.21. The van der Waals surface area contributed by atoms with Crippen LogP contribution in [0.4, 0.5) is 0 Å². The fraction of sp³-hybridized carbons (Fsp3) is 0.0714. The van der Waals surface area contributed by atoms with Crippen molar-refractivity contribution in [2.24, 2.45) is 0 Å². The van der Waals surface area contributed by atoms with Gasteiger partial charge in [-0.1, -0.05) is 24.3 Å². The molecule has 1 atom stereocenters. The van der Waals surface area contributed by atoms with Crippen LogP contribution < -0.4 is 0 Å². The van der Waals surface area contributed by atoms with Crippen molar-refractivity contribution < 1.29 is 9.00 Å². The number of rotatable bonds is 1. The van der Waals surface area contributed by atoms with Crippen molar-refractivity contribution in [1.82, 2.24) is 0 Å². The van der Waals surface area contributed by atoms with Crippen molar-refractivity contribution >= 4 is 17.1 Å². The number of carbonyl (C=O) groups excluding carboxylic acids is 1. The number of hydrogen-bond donors (Lipinski definition) is 0. The van der Waals surface area contributed by atoms with E-state index in [0.29, 0.717) is 5.56 Å². The Bertz CT molecular complexity index is 632. The molecule has 0 aromatic heterocycles. The molecule has 0 N–H and O–H groups in total. The average molecular weight is 242 g/mol. The van der Waals surface area contributed by atoms with Gasteiger partial charge in [-0.2, -0.15) is 0 Å². The standard InChI is InChI=1S/C14H10O2S/c15-9-10-5-6-14-12(7-10)8-11-3-1-2-4-13(11)17(14)16/h1-7,9H,8H2. The van der Waals surface area contributed by atoms with Crippen LogP contribution in [0.5, 0.6) is 0 Å². The van der Waals surface area contributed by atoms with E-state index in [0.717, 1.165) is 33.6 Å². The van der Waals surface area contributed by atoms with Crippen LogP contribution in [0, 0.1) is 0 Å². The predicted octanol–water partition coefficient (Wildman–Crippen LogP) is 2.57. The summed E-state index contributed by atoms with van der Waals surface area (Å²) in [6.07, 6.45) is 1.57. The maximum atomic E-state index is 12.3. The van der Waals surface area contributed by atoms with Gasteiger partial charge in [0.15, 0.2) is 0 Å². The Hall–Kier alpha value is -1.74. The fourth-order valence-corrected chi connectivity index (χ4v) is 3.52. The van der Waals surface area contributed by atoms with E-state index in [1.54, 1.807) is 12.1 Å². The Labute approximate surface area is 102 Å². The lowest BCUT2D eigenvalue weighted by molar-refractivity contribution is 0.112. The predicted molar refractivity (Wildman–Crippen MR) is 65.8 cm³/mol. The van der Waals surface area contributed by atoms with Gasteiger partial charge < -0.3 is 0 Å². The number of aldehydes is 1. The molecule has 0 saturated heterocycles. The van der Waals surface area contributed by atoms with Gasteiger partial charge >= 0.3 is 0 Å². The third-order valence-electron chi connectivity index (χ3n) is 2.97. The van der Waals surface area contributed by atoms with Crippen molar-refractivity contribution in [3.8, 4) is 0 Å². The maximum absolute atomic E-state index is 12.3. The summed E-state index contributed by atoms with van der Waals surface area (Å²) in [4.78, 5) is 12.5. The smallest absolute Gasteiger partial charge is 0.150 e. The van der Waals surface area contributed by atoms with Crippen molar-refractivity contribution in [3.63, 3.8) is 0 Å². The van der Waals surface area contributed by atoms with Crippen LogP contribution in [0.25, 0.3) is 0 Å². The van der Waals surface area contributed by atoms with Crippen molar-refractivity contribution in [3.05, 3.63) is 59.2 Å². The second-order valence-electron chi connectivity index (χ2n) is 4.04. The maximum Gasteiger partial charge on any atom is 0.150 e. The van der Waals surface area contributed by atoms with E-state index in [9.17, 15) is 9.00 Å². The molecular formula is C14H10O2S. The average Bonchev–Trinajstić information content (AvgIpc) is 2.38. The molecule has 0 radical (unpaired) electrons. The van der Waals surface area contributed by atoms with E-state index in [1.165, 1.54) is 0 Å². The molecule has 0 fully saturated rings. The lowest BCUT2D eigenvalue weighted by Gasteiger charge is -2.18. The van der Waals surface area contributed by atoms with Crippen LogP contribution in [-0.4, -0.2) is 10.5 Å². The third kappa shape index (κ3) is 1.63. The minimum atomic E-state index is -1.12. The molecule has 1 aliphatic heterocycles. The summed E-state index contributed by atoms with van der Waals surface area (Å²) in [5, 5.41) is 0. The normalized spacial score (nSPS) is 17.1. The highest BCUT2D eigenvalue weighted by Crippen LogP contribution is 2.31. The molecular weight excluding hydrogens is 232 g/mol. The fourth-order valence-electron chi connectivity index (χ4n) is 2.15. The summed E-state index contributed by atoms with van der Waals surface area (Å²) >= 11 is 0. The molecule has 84 valence electrons. The zero-order valence-corrected chi connectivity index (χ0v) is 9.87. The van der Waals surface area contributed by atoms with Crippen LogP contribution in [0.1, 0.15) is 21.5 Å². The number of fused-ring (bicyclic) bond motifs is 2. The Balaban J connectivity index is 2.19. The second kappa shape index (κ2) is 3.93. The molecule has 0 amide bonds. The SMILES string of the molecule is O=Cc1ccc2c(c1)Cc1ccccc1S2=O. The lowest BCUT2D eigenvalue weighted by atomic mass is 10.0. The summed E-state index contributed by atoms with van der Waals surface area (Å²) in [5.74, 6) is 0. The lowest BCUT2D eigenvalue weighted by Crippen LogP contribution is -2.09. The molecule has 2 aromatic rings. The van der Waals surface area contributed by atoms with Gasteiger partial charge in [-0.3, -0.25) is 4.79 Å². The van der Waals surface area contributed by atoms with Gasteiger partial charge in [-0.25, -0.2) is 4.21 Å². The molecule has 0 bridgehead atoms. The van der Waals surface area contributed by atoms with Gasteiger partial charge in [0.2, 0.25) is 0 Å². The van der Waals surface area contributed by atoms with E-state index in [2.05, 4.69) is 0 Å². The Kier molecular flexibility index (Phi) is 2.41. The number of benzene rings is 2. The first-order valence-corrected chi connectivity index (χ1v) is 6.52. The van der Waals surface area contributed by atoms with Gasteiger partial charge in [-0.15, -0.1) is 0 Å². The molecule has 2 aromatic carbocycles. The summed E-state index contributed by atoms with van der Waals surface area (Å²) < 4.78 is 12.3. The first-order valence-electron chi connectivity index (χ1n) is 5.37. The zero-order chi connectivity index (χ0) is 11.8. The molecule has 0 saturated carbocycles. The van der Waals surface area contributed by atoms with Crippen molar-refractivity contribution in [1.29, 1.82) is 0 Å². The molecule has 17 heavy (non-hydrogen) atoms. The van der Waals surface area contributed by atoms with Gasteiger partial charge in [0.05, 0.1) is 10.8 Å². The molecule has 1 heterocycles.